The van der Waals surface area contributed by atoms with Crippen LogP contribution in [0.2, 0.25) is 0 Å². The molecule has 4 N–H and O–H groups in total. The van der Waals surface area contributed by atoms with Gasteiger partial charge in [0.15, 0.2) is 0 Å². The lowest BCUT2D eigenvalue weighted by Gasteiger charge is -2.34. The van der Waals surface area contributed by atoms with Crippen LogP contribution in [0, 0.1) is 13.8 Å². The Balaban J connectivity index is 2.48. The van der Waals surface area contributed by atoms with Crippen LogP contribution in [0.15, 0.2) is 42.5 Å². The van der Waals surface area contributed by atoms with Gasteiger partial charge in [0.1, 0.15) is 23.4 Å². The summed E-state index contributed by atoms with van der Waals surface area (Å²) >= 11 is 0. The predicted octanol–water partition coefficient (Wildman–Crippen LogP) is 2.70. The first-order valence-corrected chi connectivity index (χ1v) is 11.9. The van der Waals surface area contributed by atoms with Crippen LogP contribution in [-0.4, -0.2) is 71.5 Å². The van der Waals surface area contributed by atoms with Gasteiger partial charge in [-0.15, -0.1) is 0 Å². The second kappa shape index (κ2) is 13.1. The molecule has 0 aromatic heterocycles. The van der Waals surface area contributed by atoms with Gasteiger partial charge >= 0.3 is 6.09 Å². The second-order valence-electron chi connectivity index (χ2n) is 9.62. The molecule has 10 heteroatoms. The van der Waals surface area contributed by atoms with Crippen LogP contribution in [0.4, 0.5) is 10.5 Å². The Morgan fingerprint density at radius 1 is 1.03 bits per heavy atom. The van der Waals surface area contributed by atoms with Gasteiger partial charge in [-0.05, 0) is 70.0 Å². The summed E-state index contributed by atoms with van der Waals surface area (Å²) in [5, 5.41) is 24.9. The van der Waals surface area contributed by atoms with Crippen LogP contribution in [0.25, 0.3) is 0 Å². The SMILES string of the molecule is COc1ccc(NC(=O)C(c2cc(C)ccc2C)N(CCO)C(=O)C(CO)NC(=O)OC(C)(C)C)cc1. The lowest BCUT2D eigenvalue weighted by molar-refractivity contribution is -0.142. The van der Waals surface area contributed by atoms with Crippen molar-refractivity contribution in [3.05, 3.63) is 59.2 Å². The summed E-state index contributed by atoms with van der Waals surface area (Å²) in [5.41, 5.74) is 1.81. The summed E-state index contributed by atoms with van der Waals surface area (Å²) in [6.07, 6.45) is -0.894. The van der Waals surface area contributed by atoms with Crippen LogP contribution < -0.4 is 15.4 Å². The van der Waals surface area contributed by atoms with E-state index in [0.29, 0.717) is 17.0 Å². The Kier molecular flexibility index (Phi) is 10.5. The van der Waals surface area contributed by atoms with Crippen molar-refractivity contribution in [2.24, 2.45) is 0 Å². The minimum atomic E-state index is -1.40. The largest absolute Gasteiger partial charge is 0.497 e. The molecule has 2 aromatic rings. The van der Waals surface area contributed by atoms with Crippen molar-refractivity contribution < 1.29 is 34.1 Å². The van der Waals surface area contributed by atoms with E-state index in [0.717, 1.165) is 16.0 Å². The summed E-state index contributed by atoms with van der Waals surface area (Å²) in [4.78, 5) is 40.8. The fraction of sp³-hybridized carbons (Fsp3) is 0.444. The molecule has 202 valence electrons. The number of carbonyl (C=O) groups excluding carboxylic acids is 3. The van der Waals surface area contributed by atoms with E-state index in [-0.39, 0.29) is 6.54 Å². The molecule has 0 bridgehead atoms. The number of hydrogen-bond donors (Lipinski definition) is 4. The molecular weight excluding hydrogens is 478 g/mol. The minimum absolute atomic E-state index is 0.223. The minimum Gasteiger partial charge on any atom is -0.497 e. The molecule has 37 heavy (non-hydrogen) atoms. The molecular formula is C27H37N3O7. The van der Waals surface area contributed by atoms with E-state index in [4.69, 9.17) is 9.47 Å². The first-order valence-electron chi connectivity index (χ1n) is 11.9. The number of aryl methyl sites for hydroxylation is 2. The first-order chi connectivity index (χ1) is 17.4. The molecule has 0 aliphatic heterocycles. The molecule has 10 nitrogen and oxygen atoms in total. The van der Waals surface area contributed by atoms with Gasteiger partial charge in [0.25, 0.3) is 5.91 Å². The highest BCUT2D eigenvalue weighted by Gasteiger charge is 2.36. The monoisotopic (exact) mass is 515 g/mol. The van der Waals surface area contributed by atoms with E-state index < -0.39 is 48.8 Å². The highest BCUT2D eigenvalue weighted by molar-refractivity contribution is 5.99. The van der Waals surface area contributed by atoms with Crippen molar-refractivity contribution >= 4 is 23.6 Å². The highest BCUT2D eigenvalue weighted by Crippen LogP contribution is 2.28. The zero-order chi connectivity index (χ0) is 27.8. The number of nitrogens with zero attached hydrogens (tertiary/aromatic N) is 1. The summed E-state index contributed by atoms with van der Waals surface area (Å²) in [7, 11) is 1.53. The Morgan fingerprint density at radius 3 is 2.22 bits per heavy atom. The number of anilines is 1. The Bertz CT molecular complexity index is 1080. The fourth-order valence-electron chi connectivity index (χ4n) is 3.70. The zero-order valence-corrected chi connectivity index (χ0v) is 22.2. The van der Waals surface area contributed by atoms with E-state index in [1.807, 2.05) is 26.0 Å². The lowest BCUT2D eigenvalue weighted by atomic mass is 9.96. The van der Waals surface area contributed by atoms with Crippen molar-refractivity contribution in [2.45, 2.75) is 52.3 Å². The molecule has 0 saturated heterocycles. The molecule has 2 aromatic carbocycles. The molecule has 0 aliphatic carbocycles. The summed E-state index contributed by atoms with van der Waals surface area (Å²) in [6.45, 7) is 7.26. The van der Waals surface area contributed by atoms with E-state index in [9.17, 15) is 24.6 Å². The van der Waals surface area contributed by atoms with Gasteiger partial charge in [0.2, 0.25) is 5.91 Å². The van der Waals surface area contributed by atoms with Gasteiger partial charge in [0.05, 0.1) is 20.3 Å². The molecule has 2 unspecified atom stereocenters. The van der Waals surface area contributed by atoms with E-state index >= 15 is 0 Å². The fourth-order valence-corrected chi connectivity index (χ4v) is 3.70. The van der Waals surface area contributed by atoms with Crippen molar-refractivity contribution in [3.8, 4) is 5.75 Å². The van der Waals surface area contributed by atoms with Crippen molar-refractivity contribution in [3.63, 3.8) is 0 Å². The lowest BCUT2D eigenvalue weighted by Crippen LogP contribution is -2.54. The standard InChI is InChI=1S/C27H37N3O7/c1-17-7-8-18(2)21(15-17)23(24(33)28-19-9-11-20(36-6)12-10-19)30(13-14-31)25(34)22(16-32)29-26(35)37-27(3,4)5/h7-12,15,22-23,31-32H,13-14,16H2,1-6H3,(H,28,33)(H,29,35). The predicted molar refractivity (Wildman–Crippen MR) is 139 cm³/mol. The quantitative estimate of drug-likeness (QED) is 0.382. The molecule has 0 radical (unpaired) electrons. The molecule has 0 heterocycles. The second-order valence-corrected chi connectivity index (χ2v) is 9.62. The van der Waals surface area contributed by atoms with Gasteiger partial charge in [-0.3, -0.25) is 9.59 Å². The maximum atomic E-state index is 13.7. The summed E-state index contributed by atoms with van der Waals surface area (Å²) < 4.78 is 10.4. The molecule has 0 saturated carbocycles. The third-order valence-corrected chi connectivity index (χ3v) is 5.44. The van der Waals surface area contributed by atoms with Crippen LogP contribution >= 0.6 is 0 Å². The highest BCUT2D eigenvalue weighted by atomic mass is 16.6. The van der Waals surface area contributed by atoms with Crippen LogP contribution in [0.1, 0.15) is 43.5 Å². The first kappa shape index (κ1) is 29.6. The van der Waals surface area contributed by atoms with Crippen molar-refractivity contribution in [1.29, 1.82) is 0 Å². The van der Waals surface area contributed by atoms with Gasteiger partial charge < -0.3 is 35.2 Å². The topological polar surface area (TPSA) is 137 Å². The molecule has 2 atom stereocenters. The number of carbonyl (C=O) groups is 3. The average molecular weight is 516 g/mol. The van der Waals surface area contributed by atoms with Gasteiger partial charge in [-0.2, -0.15) is 0 Å². The number of benzene rings is 2. The number of nitrogens with one attached hydrogen (secondary N) is 2. The molecule has 2 rings (SSSR count). The normalized spacial score (nSPS) is 12.8. The van der Waals surface area contributed by atoms with Crippen LogP contribution in [0.3, 0.4) is 0 Å². The molecule has 0 spiro atoms. The molecule has 3 amide bonds. The number of ether oxygens (including phenoxy) is 2. The maximum absolute atomic E-state index is 13.7. The third kappa shape index (κ3) is 8.47. The number of rotatable bonds is 10. The van der Waals surface area contributed by atoms with Gasteiger partial charge in [-0.25, -0.2) is 4.79 Å². The van der Waals surface area contributed by atoms with Crippen molar-refractivity contribution in [1.82, 2.24) is 10.2 Å². The average Bonchev–Trinajstić information content (AvgIpc) is 2.83. The Labute approximate surface area is 217 Å². The number of aliphatic hydroxyl groups excluding tert-OH is 2. The van der Waals surface area contributed by atoms with Crippen LogP contribution in [0.5, 0.6) is 5.75 Å². The molecule has 0 aliphatic rings. The summed E-state index contributed by atoms with van der Waals surface area (Å²) in [5.74, 6) is -0.673. The number of aliphatic hydroxyl groups is 2. The summed E-state index contributed by atoms with van der Waals surface area (Å²) in [6, 6.07) is 9.64. The van der Waals surface area contributed by atoms with E-state index in [2.05, 4.69) is 10.6 Å². The number of methoxy groups -OCH3 is 1. The van der Waals surface area contributed by atoms with E-state index in [1.165, 1.54) is 7.11 Å². The van der Waals surface area contributed by atoms with Gasteiger partial charge in [-0.1, -0.05) is 23.8 Å². The smallest absolute Gasteiger partial charge is 0.408 e. The van der Waals surface area contributed by atoms with Crippen LogP contribution in [-0.2, 0) is 14.3 Å². The zero-order valence-electron chi connectivity index (χ0n) is 22.2. The van der Waals surface area contributed by atoms with Gasteiger partial charge in [0, 0.05) is 12.2 Å². The number of hydrogen-bond acceptors (Lipinski definition) is 7. The van der Waals surface area contributed by atoms with E-state index in [1.54, 1.807) is 51.1 Å². The third-order valence-electron chi connectivity index (χ3n) is 5.44. The number of amides is 3. The number of alkyl carbamates (subject to hydrolysis) is 1. The molecule has 0 fully saturated rings. The maximum Gasteiger partial charge on any atom is 0.408 e. The Morgan fingerprint density at radius 2 is 1.68 bits per heavy atom. The van der Waals surface area contributed by atoms with Crippen molar-refractivity contribution in [2.75, 3.05) is 32.2 Å². The Hall–Kier alpha value is -3.63.